The molecule has 2 amide bonds. The van der Waals surface area contributed by atoms with Crippen LogP contribution in [0.5, 0.6) is 0 Å². The van der Waals surface area contributed by atoms with Crippen LogP contribution in [0.1, 0.15) is 48.8 Å². The van der Waals surface area contributed by atoms with Crippen molar-refractivity contribution in [3.05, 3.63) is 101 Å². The molecule has 1 atom stereocenters. The van der Waals surface area contributed by atoms with Gasteiger partial charge in [-0.2, -0.15) is 0 Å². The van der Waals surface area contributed by atoms with E-state index < -0.39 is 34.3 Å². The Kier molecular flexibility index (Phi) is 10.2. The van der Waals surface area contributed by atoms with Gasteiger partial charge in [-0.05, 0) is 49.1 Å². The minimum absolute atomic E-state index is 0.0330. The summed E-state index contributed by atoms with van der Waals surface area (Å²) in [6.07, 6.45) is 6.23. The van der Waals surface area contributed by atoms with Crippen molar-refractivity contribution in [2.45, 2.75) is 64.1 Å². The number of sulfonamides is 1. The summed E-state index contributed by atoms with van der Waals surface area (Å²) >= 11 is 0. The number of nitrogens with zero attached hydrogens (tertiary/aromatic N) is 2. The Balaban J connectivity index is 1.71. The first kappa shape index (κ1) is 30.2. The third-order valence-corrected chi connectivity index (χ3v) is 8.61. The molecule has 0 heterocycles. The van der Waals surface area contributed by atoms with E-state index in [4.69, 9.17) is 0 Å². The number of hydrogen-bond donors (Lipinski definition) is 1. The molecule has 1 aliphatic rings. The SMILES string of the molecule is Cc1ccc(CN(C(=O)CN(c2cccc(F)c2)S(C)(=O)=O)[C@@H](Cc2ccccc2)C(=O)NC2CCCCC2)cc1. The minimum atomic E-state index is -3.95. The highest BCUT2D eigenvalue weighted by Crippen LogP contribution is 2.22. The molecule has 0 bridgehead atoms. The molecule has 41 heavy (non-hydrogen) atoms. The monoisotopic (exact) mass is 579 g/mol. The lowest BCUT2D eigenvalue weighted by Crippen LogP contribution is -2.55. The highest BCUT2D eigenvalue weighted by atomic mass is 32.2. The fourth-order valence-corrected chi connectivity index (χ4v) is 6.07. The highest BCUT2D eigenvalue weighted by Gasteiger charge is 2.34. The molecule has 0 saturated heterocycles. The zero-order valence-corrected chi connectivity index (χ0v) is 24.4. The molecular weight excluding hydrogens is 541 g/mol. The molecule has 3 aromatic rings. The van der Waals surface area contributed by atoms with Crippen LogP contribution in [0.15, 0.2) is 78.9 Å². The molecule has 0 radical (unpaired) electrons. The van der Waals surface area contributed by atoms with Crippen molar-refractivity contribution in [2.75, 3.05) is 17.1 Å². The Morgan fingerprint density at radius 1 is 0.927 bits per heavy atom. The predicted molar refractivity (Wildman–Crippen MR) is 159 cm³/mol. The van der Waals surface area contributed by atoms with Crippen LogP contribution in [-0.2, 0) is 32.6 Å². The molecule has 1 N–H and O–H groups in total. The molecule has 7 nitrogen and oxygen atoms in total. The van der Waals surface area contributed by atoms with Crippen LogP contribution in [-0.4, -0.2) is 50.0 Å². The van der Waals surface area contributed by atoms with E-state index in [2.05, 4.69) is 5.32 Å². The van der Waals surface area contributed by atoms with Gasteiger partial charge in [-0.3, -0.25) is 13.9 Å². The first-order valence-corrected chi connectivity index (χ1v) is 15.9. The summed E-state index contributed by atoms with van der Waals surface area (Å²) in [7, 11) is -3.95. The van der Waals surface area contributed by atoms with Crippen molar-refractivity contribution in [2.24, 2.45) is 0 Å². The fourth-order valence-electron chi connectivity index (χ4n) is 5.23. The second kappa shape index (κ2) is 13.8. The van der Waals surface area contributed by atoms with Crippen LogP contribution in [0, 0.1) is 12.7 Å². The predicted octanol–water partition coefficient (Wildman–Crippen LogP) is 4.99. The largest absolute Gasteiger partial charge is 0.352 e. The number of amides is 2. The third-order valence-electron chi connectivity index (χ3n) is 7.47. The summed E-state index contributed by atoms with van der Waals surface area (Å²) in [5.41, 5.74) is 2.78. The smallest absolute Gasteiger partial charge is 0.244 e. The average Bonchev–Trinajstić information content (AvgIpc) is 2.95. The Morgan fingerprint density at radius 2 is 1.61 bits per heavy atom. The van der Waals surface area contributed by atoms with Crippen LogP contribution < -0.4 is 9.62 Å². The molecule has 4 rings (SSSR count). The molecule has 0 spiro atoms. The van der Waals surface area contributed by atoms with Gasteiger partial charge in [-0.25, -0.2) is 12.8 Å². The third kappa shape index (κ3) is 8.63. The Hall–Kier alpha value is -3.72. The van der Waals surface area contributed by atoms with Gasteiger partial charge < -0.3 is 10.2 Å². The summed E-state index contributed by atoms with van der Waals surface area (Å²) < 4.78 is 40.6. The number of carbonyl (C=O) groups is 2. The topological polar surface area (TPSA) is 86.8 Å². The number of aryl methyl sites for hydroxylation is 1. The average molecular weight is 580 g/mol. The van der Waals surface area contributed by atoms with Gasteiger partial charge in [0.05, 0.1) is 11.9 Å². The molecule has 0 aliphatic heterocycles. The molecular formula is C32H38FN3O4S. The molecule has 0 aromatic heterocycles. The summed E-state index contributed by atoms with van der Waals surface area (Å²) in [5, 5.41) is 3.18. The number of nitrogens with one attached hydrogen (secondary N) is 1. The van der Waals surface area contributed by atoms with Crippen molar-refractivity contribution in [1.82, 2.24) is 10.2 Å². The second-order valence-corrected chi connectivity index (χ2v) is 12.7. The number of halogens is 1. The number of benzene rings is 3. The normalized spacial score (nSPS) is 14.7. The second-order valence-electron chi connectivity index (χ2n) is 10.8. The fraction of sp³-hybridized carbons (Fsp3) is 0.375. The van der Waals surface area contributed by atoms with Crippen LogP contribution in [0.3, 0.4) is 0 Å². The summed E-state index contributed by atoms with van der Waals surface area (Å²) in [5.74, 6) is -1.44. The molecule has 3 aromatic carbocycles. The van der Waals surface area contributed by atoms with E-state index in [-0.39, 0.29) is 30.6 Å². The summed E-state index contributed by atoms with van der Waals surface area (Å²) in [4.78, 5) is 29.5. The Morgan fingerprint density at radius 3 is 2.24 bits per heavy atom. The van der Waals surface area contributed by atoms with Crippen molar-refractivity contribution in [1.29, 1.82) is 0 Å². The molecule has 1 aliphatic carbocycles. The van der Waals surface area contributed by atoms with Crippen LogP contribution in [0.2, 0.25) is 0 Å². The van der Waals surface area contributed by atoms with Gasteiger partial charge >= 0.3 is 0 Å². The lowest BCUT2D eigenvalue weighted by molar-refractivity contribution is -0.140. The summed E-state index contributed by atoms with van der Waals surface area (Å²) in [6.45, 7) is 1.50. The maximum absolute atomic E-state index is 14.1. The van der Waals surface area contributed by atoms with E-state index in [0.717, 1.165) is 65.4 Å². The van der Waals surface area contributed by atoms with Crippen molar-refractivity contribution in [3.63, 3.8) is 0 Å². The van der Waals surface area contributed by atoms with Gasteiger partial charge in [0.25, 0.3) is 0 Å². The van der Waals surface area contributed by atoms with E-state index in [9.17, 15) is 22.4 Å². The lowest BCUT2D eigenvalue weighted by atomic mass is 9.94. The van der Waals surface area contributed by atoms with Crippen molar-refractivity contribution < 1.29 is 22.4 Å². The van der Waals surface area contributed by atoms with E-state index in [1.54, 1.807) is 0 Å². The highest BCUT2D eigenvalue weighted by molar-refractivity contribution is 7.92. The maximum Gasteiger partial charge on any atom is 0.244 e. The first-order chi connectivity index (χ1) is 19.6. The van der Waals surface area contributed by atoms with Gasteiger partial charge in [0.1, 0.15) is 18.4 Å². The molecule has 1 saturated carbocycles. The quantitative estimate of drug-likeness (QED) is 0.347. The van der Waals surface area contributed by atoms with E-state index in [1.165, 1.54) is 23.1 Å². The van der Waals surface area contributed by atoms with E-state index in [1.807, 2.05) is 61.5 Å². The van der Waals surface area contributed by atoms with Crippen LogP contribution in [0.25, 0.3) is 0 Å². The number of rotatable bonds is 11. The van der Waals surface area contributed by atoms with Crippen molar-refractivity contribution >= 4 is 27.5 Å². The molecule has 1 fully saturated rings. The number of hydrogen-bond acceptors (Lipinski definition) is 4. The van der Waals surface area contributed by atoms with Crippen LogP contribution in [0.4, 0.5) is 10.1 Å². The van der Waals surface area contributed by atoms with Gasteiger partial charge in [-0.15, -0.1) is 0 Å². The minimum Gasteiger partial charge on any atom is -0.352 e. The van der Waals surface area contributed by atoms with E-state index in [0.29, 0.717) is 0 Å². The Labute approximate surface area is 242 Å². The molecule has 0 unspecified atom stereocenters. The standard InChI is InChI=1S/C32H38FN3O4S/c1-24-16-18-26(19-17-24)22-35(31(37)23-36(41(2,39)40)29-15-9-12-27(33)21-29)30(20-25-10-5-3-6-11-25)32(38)34-28-13-7-4-8-14-28/h3,5-6,9-12,15-19,21,28,30H,4,7-8,13-14,20,22-23H2,1-2H3,(H,34,38)/t30-/m0/s1. The zero-order valence-electron chi connectivity index (χ0n) is 23.6. The molecule has 218 valence electrons. The first-order valence-electron chi connectivity index (χ1n) is 14.0. The summed E-state index contributed by atoms with van der Waals surface area (Å²) in [6, 6.07) is 21.4. The number of carbonyl (C=O) groups excluding carboxylic acids is 2. The maximum atomic E-state index is 14.1. The number of anilines is 1. The van der Waals surface area contributed by atoms with Crippen LogP contribution >= 0.6 is 0 Å². The van der Waals surface area contributed by atoms with Crippen molar-refractivity contribution in [3.8, 4) is 0 Å². The lowest BCUT2D eigenvalue weighted by Gasteiger charge is -2.35. The van der Waals surface area contributed by atoms with Gasteiger partial charge in [0.15, 0.2) is 0 Å². The molecule has 9 heteroatoms. The van der Waals surface area contributed by atoms with Gasteiger partial charge in [0, 0.05) is 19.0 Å². The van der Waals surface area contributed by atoms with E-state index >= 15 is 0 Å². The van der Waals surface area contributed by atoms with Gasteiger partial charge in [0.2, 0.25) is 21.8 Å². The Bertz CT molecular complexity index is 1420. The zero-order chi connectivity index (χ0) is 29.4. The van der Waals surface area contributed by atoms with Gasteiger partial charge in [-0.1, -0.05) is 85.5 Å².